The van der Waals surface area contributed by atoms with Crippen LogP contribution in [0.3, 0.4) is 0 Å². The molecule has 0 radical (unpaired) electrons. The van der Waals surface area contributed by atoms with Gasteiger partial charge in [-0.3, -0.25) is 4.90 Å². The summed E-state index contributed by atoms with van der Waals surface area (Å²) >= 11 is 1.06. The third kappa shape index (κ3) is 2.27. The van der Waals surface area contributed by atoms with Crippen molar-refractivity contribution in [1.29, 1.82) is 5.26 Å². The first-order valence-electron chi connectivity index (χ1n) is 6.74. The molecule has 2 fully saturated rings. The molecule has 0 saturated carbocycles. The largest absolute Gasteiger partial charge is 0.299 e. The molecule has 2 saturated heterocycles. The highest BCUT2D eigenvalue weighted by Gasteiger charge is 2.39. The van der Waals surface area contributed by atoms with E-state index in [1.807, 2.05) is 6.07 Å². The molecule has 0 aliphatic carbocycles. The van der Waals surface area contributed by atoms with E-state index < -0.39 is 10.0 Å². The lowest BCUT2D eigenvalue weighted by molar-refractivity contribution is 0.247. The molecule has 20 heavy (non-hydrogen) atoms. The number of nitriles is 1. The Kier molecular flexibility index (Phi) is 3.58. The molecule has 2 aliphatic rings. The topological polar surface area (TPSA) is 64.4 Å². The van der Waals surface area contributed by atoms with Crippen LogP contribution < -0.4 is 0 Å². The molecule has 0 amide bonds. The minimum atomic E-state index is -3.45. The Morgan fingerprint density at radius 1 is 1.30 bits per heavy atom. The monoisotopic (exact) mass is 311 g/mol. The van der Waals surface area contributed by atoms with Crippen molar-refractivity contribution in [3.8, 4) is 6.07 Å². The zero-order valence-corrected chi connectivity index (χ0v) is 13.0. The minimum Gasteiger partial charge on any atom is -0.299 e. The molecule has 0 spiro atoms. The van der Waals surface area contributed by atoms with Crippen molar-refractivity contribution in [3.63, 3.8) is 0 Å². The summed E-state index contributed by atoms with van der Waals surface area (Å²) in [5.41, 5.74) is 0. The van der Waals surface area contributed by atoms with Crippen molar-refractivity contribution in [2.75, 3.05) is 20.1 Å². The Bertz CT molecular complexity index is 647. The summed E-state index contributed by atoms with van der Waals surface area (Å²) < 4.78 is 27.2. The van der Waals surface area contributed by atoms with Gasteiger partial charge in [0.15, 0.2) is 0 Å². The van der Waals surface area contributed by atoms with E-state index in [0.29, 0.717) is 30.1 Å². The number of likely N-dealkylation sites (N-methyl/N-ethyl adjacent to an activating group) is 1. The molecule has 0 aromatic carbocycles. The van der Waals surface area contributed by atoms with Gasteiger partial charge in [0.1, 0.15) is 15.2 Å². The molecule has 1 aromatic rings. The lowest BCUT2D eigenvalue weighted by Crippen LogP contribution is -2.39. The van der Waals surface area contributed by atoms with Crippen LogP contribution in [-0.2, 0) is 10.0 Å². The van der Waals surface area contributed by atoms with E-state index >= 15 is 0 Å². The summed E-state index contributed by atoms with van der Waals surface area (Å²) in [5.74, 6) is 0. The van der Waals surface area contributed by atoms with Gasteiger partial charge in [0.25, 0.3) is 10.0 Å². The van der Waals surface area contributed by atoms with E-state index in [1.165, 1.54) is 6.42 Å². The molecular formula is C13H17N3O2S2. The van der Waals surface area contributed by atoms with Crippen molar-refractivity contribution in [3.05, 3.63) is 17.0 Å². The molecule has 2 unspecified atom stereocenters. The highest BCUT2D eigenvalue weighted by Crippen LogP contribution is 2.32. The maximum Gasteiger partial charge on any atom is 0.252 e. The first-order chi connectivity index (χ1) is 9.52. The molecule has 1 aromatic heterocycles. The third-order valence-electron chi connectivity index (χ3n) is 4.40. The second kappa shape index (κ2) is 5.11. The minimum absolute atomic E-state index is 0.287. The van der Waals surface area contributed by atoms with Gasteiger partial charge in [-0.25, -0.2) is 8.42 Å². The molecular weight excluding hydrogens is 294 g/mol. The number of nitrogens with zero attached hydrogens (tertiary/aromatic N) is 3. The summed E-state index contributed by atoms with van der Waals surface area (Å²) in [7, 11) is -1.35. The smallest absolute Gasteiger partial charge is 0.252 e. The van der Waals surface area contributed by atoms with Crippen LogP contribution in [0.2, 0.25) is 0 Å². The Morgan fingerprint density at radius 3 is 2.75 bits per heavy atom. The van der Waals surface area contributed by atoms with Crippen LogP contribution in [0, 0.1) is 11.3 Å². The zero-order valence-electron chi connectivity index (χ0n) is 11.3. The predicted octanol–water partition coefficient (Wildman–Crippen LogP) is 1.48. The molecule has 5 nitrogen and oxygen atoms in total. The maximum absolute atomic E-state index is 12.7. The van der Waals surface area contributed by atoms with E-state index in [4.69, 9.17) is 5.26 Å². The first-order valence-corrected chi connectivity index (χ1v) is 9.00. The van der Waals surface area contributed by atoms with Crippen molar-refractivity contribution < 1.29 is 8.42 Å². The van der Waals surface area contributed by atoms with E-state index in [0.717, 1.165) is 24.2 Å². The Morgan fingerprint density at radius 2 is 2.05 bits per heavy atom. The van der Waals surface area contributed by atoms with Gasteiger partial charge in [0.2, 0.25) is 0 Å². The van der Waals surface area contributed by atoms with Gasteiger partial charge in [-0.1, -0.05) is 0 Å². The van der Waals surface area contributed by atoms with Gasteiger partial charge in [0.05, 0.1) is 0 Å². The summed E-state index contributed by atoms with van der Waals surface area (Å²) in [6.07, 6.45) is 3.14. The molecule has 0 N–H and O–H groups in total. The molecule has 3 rings (SSSR count). The van der Waals surface area contributed by atoms with Crippen LogP contribution >= 0.6 is 11.3 Å². The lowest BCUT2D eigenvalue weighted by Gasteiger charge is -2.24. The molecule has 3 heterocycles. The van der Waals surface area contributed by atoms with Crippen LogP contribution in [0.4, 0.5) is 0 Å². The number of hydrogen-bond acceptors (Lipinski definition) is 5. The van der Waals surface area contributed by atoms with E-state index in [9.17, 15) is 8.42 Å². The van der Waals surface area contributed by atoms with Gasteiger partial charge < -0.3 is 0 Å². The molecule has 2 bridgehead atoms. The average molecular weight is 311 g/mol. The number of thiophene rings is 1. The SMILES string of the molecule is CN1C2CCC1CN(S(=O)(=O)c1ccc(C#N)s1)CC2. The fourth-order valence-corrected chi connectivity index (χ4v) is 5.89. The van der Waals surface area contributed by atoms with Gasteiger partial charge in [-0.15, -0.1) is 11.3 Å². The van der Waals surface area contributed by atoms with Crippen molar-refractivity contribution in [1.82, 2.24) is 9.21 Å². The van der Waals surface area contributed by atoms with Crippen LogP contribution in [0.15, 0.2) is 16.3 Å². The van der Waals surface area contributed by atoms with Gasteiger partial charge in [-0.05, 0) is 38.4 Å². The molecule has 2 atom stereocenters. The van der Waals surface area contributed by atoms with Gasteiger partial charge in [-0.2, -0.15) is 9.57 Å². The lowest BCUT2D eigenvalue weighted by atomic mass is 10.1. The molecule has 7 heteroatoms. The third-order valence-corrected chi connectivity index (χ3v) is 7.72. The quantitative estimate of drug-likeness (QED) is 0.830. The second-order valence-electron chi connectivity index (χ2n) is 5.43. The van der Waals surface area contributed by atoms with E-state index in [-0.39, 0.29) is 4.21 Å². The number of sulfonamides is 1. The van der Waals surface area contributed by atoms with E-state index in [1.54, 1.807) is 16.4 Å². The number of rotatable bonds is 2. The Labute approximate surface area is 123 Å². The van der Waals surface area contributed by atoms with Crippen LogP contribution in [0.1, 0.15) is 24.1 Å². The van der Waals surface area contributed by atoms with Gasteiger partial charge in [0, 0.05) is 25.2 Å². The normalized spacial score (nSPS) is 28.2. The highest BCUT2D eigenvalue weighted by atomic mass is 32.2. The Hall–Kier alpha value is -0.940. The fourth-order valence-electron chi connectivity index (χ4n) is 3.14. The van der Waals surface area contributed by atoms with Crippen LogP contribution in [0.25, 0.3) is 0 Å². The average Bonchev–Trinajstić information content (AvgIpc) is 2.95. The van der Waals surface area contributed by atoms with Gasteiger partial charge >= 0.3 is 0 Å². The standard InChI is InChI=1S/C13H17N3O2S2/c1-15-10-2-3-11(15)9-16(7-6-10)20(17,18)13-5-4-12(8-14)19-13/h4-5,10-11H,2-3,6-7,9H2,1H3. The van der Waals surface area contributed by atoms with Crippen molar-refractivity contribution in [2.45, 2.75) is 35.6 Å². The van der Waals surface area contributed by atoms with Crippen LogP contribution in [-0.4, -0.2) is 49.8 Å². The van der Waals surface area contributed by atoms with Crippen molar-refractivity contribution in [2.24, 2.45) is 0 Å². The predicted molar refractivity (Wildman–Crippen MR) is 77.0 cm³/mol. The van der Waals surface area contributed by atoms with E-state index in [2.05, 4.69) is 11.9 Å². The summed E-state index contributed by atoms with van der Waals surface area (Å²) in [6, 6.07) is 5.96. The number of fused-ring (bicyclic) bond motifs is 2. The Balaban J connectivity index is 1.86. The second-order valence-corrected chi connectivity index (χ2v) is 8.68. The highest BCUT2D eigenvalue weighted by molar-refractivity contribution is 7.91. The zero-order chi connectivity index (χ0) is 14.3. The summed E-state index contributed by atoms with van der Waals surface area (Å²) in [5, 5.41) is 8.84. The molecule has 2 aliphatic heterocycles. The summed E-state index contributed by atoms with van der Waals surface area (Å²) in [6.45, 7) is 1.14. The fraction of sp³-hybridized carbons (Fsp3) is 0.615. The first kappa shape index (κ1) is 14.0. The van der Waals surface area contributed by atoms with Crippen molar-refractivity contribution >= 4 is 21.4 Å². The summed E-state index contributed by atoms with van der Waals surface area (Å²) in [4.78, 5) is 2.77. The number of hydrogen-bond donors (Lipinski definition) is 0. The molecule has 108 valence electrons. The maximum atomic E-state index is 12.7. The van der Waals surface area contributed by atoms with Crippen LogP contribution in [0.5, 0.6) is 0 Å².